The monoisotopic (exact) mass is 237 g/mol. The van der Waals surface area contributed by atoms with Crippen molar-refractivity contribution in [2.45, 2.75) is 32.4 Å². The second kappa shape index (κ2) is 5.42. The molecule has 2 rings (SSSR count). The van der Waals surface area contributed by atoms with Gasteiger partial charge in [0.15, 0.2) is 5.82 Å². The molecule has 0 aromatic carbocycles. The second-order valence-corrected chi connectivity index (χ2v) is 4.36. The van der Waals surface area contributed by atoms with Crippen LogP contribution in [0.5, 0.6) is 0 Å². The summed E-state index contributed by atoms with van der Waals surface area (Å²) in [6, 6.07) is 2.50. The Balaban J connectivity index is 2.22. The zero-order chi connectivity index (χ0) is 12.3. The molecular formula is C12H19N3O2. The van der Waals surface area contributed by atoms with Crippen LogP contribution < -0.4 is 4.90 Å². The first-order chi connectivity index (χ1) is 8.24. The highest BCUT2D eigenvalue weighted by Crippen LogP contribution is 2.30. The highest BCUT2D eigenvalue weighted by molar-refractivity contribution is 5.42. The molecule has 17 heavy (non-hydrogen) atoms. The van der Waals surface area contributed by atoms with Crippen molar-refractivity contribution in [3.8, 4) is 0 Å². The van der Waals surface area contributed by atoms with Crippen LogP contribution in [0.2, 0.25) is 0 Å². The number of rotatable bonds is 6. The van der Waals surface area contributed by atoms with Gasteiger partial charge in [0.05, 0.1) is 6.61 Å². The molecule has 0 radical (unpaired) electrons. The van der Waals surface area contributed by atoms with E-state index in [0.717, 1.165) is 11.5 Å². The summed E-state index contributed by atoms with van der Waals surface area (Å²) < 4.78 is 5.06. The van der Waals surface area contributed by atoms with Crippen LogP contribution in [0.1, 0.15) is 24.4 Å². The molecule has 1 fully saturated rings. The second-order valence-electron chi connectivity index (χ2n) is 4.36. The summed E-state index contributed by atoms with van der Waals surface area (Å²) in [6.45, 7) is 3.16. The lowest BCUT2D eigenvalue weighted by atomic mass is 10.3. The number of anilines is 1. The molecule has 0 amide bonds. The third kappa shape index (κ3) is 3.14. The molecule has 0 bridgehead atoms. The lowest BCUT2D eigenvalue weighted by Gasteiger charge is -2.23. The Bertz CT molecular complexity index is 380. The first kappa shape index (κ1) is 12.3. The number of ether oxygens (including phenoxy) is 1. The minimum Gasteiger partial charge on any atom is -0.395 e. The summed E-state index contributed by atoms with van der Waals surface area (Å²) in [5.41, 5.74) is 0.936. The summed E-state index contributed by atoms with van der Waals surface area (Å²) in [7, 11) is 1.64. The third-order valence-electron chi connectivity index (χ3n) is 2.78. The van der Waals surface area contributed by atoms with Crippen molar-refractivity contribution in [2.75, 3.05) is 25.2 Å². The first-order valence-electron chi connectivity index (χ1n) is 5.95. The van der Waals surface area contributed by atoms with E-state index in [2.05, 4.69) is 14.9 Å². The van der Waals surface area contributed by atoms with Crippen molar-refractivity contribution in [1.82, 2.24) is 9.97 Å². The molecule has 1 heterocycles. The number of nitrogens with zero attached hydrogens (tertiary/aromatic N) is 3. The molecular weight excluding hydrogens is 218 g/mol. The van der Waals surface area contributed by atoms with E-state index >= 15 is 0 Å². The van der Waals surface area contributed by atoms with E-state index in [1.54, 1.807) is 7.11 Å². The maximum atomic E-state index is 9.11. The fourth-order valence-corrected chi connectivity index (χ4v) is 1.93. The van der Waals surface area contributed by atoms with Gasteiger partial charge in [-0.05, 0) is 19.8 Å². The highest BCUT2D eigenvalue weighted by Gasteiger charge is 2.29. The van der Waals surface area contributed by atoms with E-state index in [1.165, 1.54) is 12.8 Å². The van der Waals surface area contributed by atoms with Gasteiger partial charge >= 0.3 is 0 Å². The molecule has 5 nitrogen and oxygen atoms in total. The lowest BCUT2D eigenvalue weighted by Crippen LogP contribution is -2.30. The Labute approximate surface area is 101 Å². The van der Waals surface area contributed by atoms with Crippen molar-refractivity contribution in [2.24, 2.45) is 0 Å². The number of hydrogen-bond donors (Lipinski definition) is 1. The van der Waals surface area contributed by atoms with Gasteiger partial charge in [0, 0.05) is 31.5 Å². The molecule has 0 spiro atoms. The molecule has 94 valence electrons. The molecule has 0 atom stereocenters. The maximum Gasteiger partial charge on any atom is 0.156 e. The Morgan fingerprint density at radius 3 is 2.82 bits per heavy atom. The van der Waals surface area contributed by atoms with Crippen LogP contribution in [0.3, 0.4) is 0 Å². The van der Waals surface area contributed by atoms with Crippen molar-refractivity contribution in [1.29, 1.82) is 0 Å². The fraction of sp³-hybridized carbons (Fsp3) is 0.667. The van der Waals surface area contributed by atoms with Gasteiger partial charge in [-0.25, -0.2) is 9.97 Å². The largest absolute Gasteiger partial charge is 0.395 e. The maximum absolute atomic E-state index is 9.11. The van der Waals surface area contributed by atoms with Crippen LogP contribution in [0.25, 0.3) is 0 Å². The molecule has 1 saturated carbocycles. The molecule has 1 aromatic rings. The lowest BCUT2D eigenvalue weighted by molar-refractivity contribution is 0.177. The van der Waals surface area contributed by atoms with Crippen LogP contribution in [0, 0.1) is 6.92 Å². The minimum absolute atomic E-state index is 0.152. The van der Waals surface area contributed by atoms with Crippen molar-refractivity contribution >= 4 is 5.82 Å². The zero-order valence-corrected chi connectivity index (χ0v) is 10.4. The Kier molecular flexibility index (Phi) is 3.91. The molecule has 5 heteroatoms. The van der Waals surface area contributed by atoms with Crippen LogP contribution in [-0.2, 0) is 11.3 Å². The average molecular weight is 237 g/mol. The molecule has 1 aromatic heterocycles. The fourth-order valence-electron chi connectivity index (χ4n) is 1.93. The van der Waals surface area contributed by atoms with Crippen LogP contribution in [0.15, 0.2) is 6.07 Å². The molecule has 1 N–H and O–H groups in total. The third-order valence-corrected chi connectivity index (χ3v) is 2.78. The van der Waals surface area contributed by atoms with Gasteiger partial charge in [-0.2, -0.15) is 0 Å². The van der Waals surface area contributed by atoms with Gasteiger partial charge < -0.3 is 14.7 Å². The standard InChI is InChI=1S/C12H19N3O2/c1-9-7-12(14-11(13-9)8-17-2)15(5-6-16)10-3-4-10/h7,10,16H,3-6,8H2,1-2H3. The van der Waals surface area contributed by atoms with E-state index in [1.807, 2.05) is 13.0 Å². The topological polar surface area (TPSA) is 58.5 Å². The average Bonchev–Trinajstić information content (AvgIpc) is 3.09. The predicted molar refractivity (Wildman–Crippen MR) is 64.9 cm³/mol. The van der Waals surface area contributed by atoms with E-state index in [-0.39, 0.29) is 6.61 Å². The Morgan fingerprint density at radius 1 is 1.47 bits per heavy atom. The van der Waals surface area contributed by atoms with Crippen molar-refractivity contribution < 1.29 is 9.84 Å². The molecule has 0 saturated heterocycles. The molecule has 0 unspecified atom stereocenters. The molecule has 0 aliphatic heterocycles. The van der Waals surface area contributed by atoms with Crippen molar-refractivity contribution in [3.63, 3.8) is 0 Å². The van der Waals surface area contributed by atoms with E-state index in [9.17, 15) is 0 Å². The molecule has 1 aliphatic rings. The Hall–Kier alpha value is -1.20. The number of aliphatic hydroxyl groups excluding tert-OH is 1. The number of aliphatic hydroxyl groups is 1. The summed E-state index contributed by atoms with van der Waals surface area (Å²) in [6.07, 6.45) is 2.37. The normalized spacial score (nSPS) is 15.0. The van der Waals surface area contributed by atoms with E-state index in [0.29, 0.717) is 25.0 Å². The number of hydrogen-bond acceptors (Lipinski definition) is 5. The number of methoxy groups -OCH3 is 1. The van der Waals surface area contributed by atoms with Crippen LogP contribution in [-0.4, -0.2) is 41.4 Å². The van der Waals surface area contributed by atoms with Gasteiger partial charge in [-0.15, -0.1) is 0 Å². The van der Waals surface area contributed by atoms with Gasteiger partial charge in [0.1, 0.15) is 12.4 Å². The predicted octanol–water partition coefficient (Wildman–Crippen LogP) is 0.893. The van der Waals surface area contributed by atoms with Gasteiger partial charge in [-0.3, -0.25) is 0 Å². The van der Waals surface area contributed by atoms with Crippen LogP contribution in [0.4, 0.5) is 5.82 Å². The van der Waals surface area contributed by atoms with Gasteiger partial charge in [0.25, 0.3) is 0 Å². The zero-order valence-electron chi connectivity index (χ0n) is 10.4. The number of aryl methyl sites for hydroxylation is 1. The molecule has 1 aliphatic carbocycles. The minimum atomic E-state index is 0.152. The van der Waals surface area contributed by atoms with E-state index < -0.39 is 0 Å². The Morgan fingerprint density at radius 2 is 2.24 bits per heavy atom. The van der Waals surface area contributed by atoms with Crippen LogP contribution >= 0.6 is 0 Å². The highest BCUT2D eigenvalue weighted by atomic mass is 16.5. The quantitative estimate of drug-likeness (QED) is 0.796. The summed E-state index contributed by atoms with van der Waals surface area (Å²) in [5.74, 6) is 1.60. The van der Waals surface area contributed by atoms with E-state index in [4.69, 9.17) is 9.84 Å². The van der Waals surface area contributed by atoms with Crippen molar-refractivity contribution in [3.05, 3.63) is 17.6 Å². The summed E-state index contributed by atoms with van der Waals surface area (Å²) >= 11 is 0. The van der Waals surface area contributed by atoms with Gasteiger partial charge in [0.2, 0.25) is 0 Å². The SMILES string of the molecule is COCc1nc(C)cc(N(CCO)C2CC2)n1. The smallest absolute Gasteiger partial charge is 0.156 e. The number of aromatic nitrogens is 2. The van der Waals surface area contributed by atoms with Gasteiger partial charge in [-0.1, -0.05) is 0 Å². The first-order valence-corrected chi connectivity index (χ1v) is 5.95. The summed E-state index contributed by atoms with van der Waals surface area (Å²) in [5, 5.41) is 9.11. The summed E-state index contributed by atoms with van der Waals surface area (Å²) in [4.78, 5) is 11.0.